The van der Waals surface area contributed by atoms with Crippen molar-refractivity contribution in [2.24, 2.45) is 0 Å². The Bertz CT molecular complexity index is 780. The number of rotatable bonds is 4. The zero-order chi connectivity index (χ0) is 17.7. The van der Waals surface area contributed by atoms with Crippen molar-refractivity contribution in [3.63, 3.8) is 0 Å². The first-order valence-corrected chi connectivity index (χ1v) is 9.93. The van der Waals surface area contributed by atoms with E-state index in [0.29, 0.717) is 6.42 Å². The third-order valence-electron chi connectivity index (χ3n) is 4.12. The van der Waals surface area contributed by atoms with Crippen LogP contribution >= 0.6 is 7.37 Å². The Morgan fingerprint density at radius 3 is 2.71 bits per heavy atom. The first kappa shape index (κ1) is 17.6. The molecule has 2 N–H and O–H groups in total. The van der Waals surface area contributed by atoms with E-state index in [0.717, 1.165) is 0 Å². The van der Waals surface area contributed by atoms with Crippen LogP contribution in [0.15, 0.2) is 21.9 Å². The molecular formula is C14H21N2O7P. The van der Waals surface area contributed by atoms with Gasteiger partial charge in [0.2, 0.25) is 7.37 Å². The van der Waals surface area contributed by atoms with Gasteiger partial charge in [-0.25, -0.2) is 4.79 Å². The summed E-state index contributed by atoms with van der Waals surface area (Å²) >= 11 is 0. The second-order valence-corrected chi connectivity index (χ2v) is 9.13. The maximum Gasteiger partial charge on any atom is 0.328 e. The van der Waals surface area contributed by atoms with Gasteiger partial charge in [0.25, 0.3) is 5.56 Å². The molecule has 0 aromatic carbocycles. The Labute approximate surface area is 138 Å². The van der Waals surface area contributed by atoms with Crippen molar-refractivity contribution < 1.29 is 23.7 Å². The Hall–Kier alpha value is -1.25. The fourth-order valence-electron chi connectivity index (χ4n) is 3.27. The average Bonchev–Trinajstić information content (AvgIpc) is 2.90. The molecule has 0 spiro atoms. The smallest absolute Gasteiger partial charge is 0.328 e. The van der Waals surface area contributed by atoms with E-state index >= 15 is 0 Å². The van der Waals surface area contributed by atoms with Crippen LogP contribution in [0.25, 0.3) is 0 Å². The van der Waals surface area contributed by atoms with Gasteiger partial charge in [-0.1, -0.05) is 0 Å². The SMILES string of the molecule is CC1(C)OC2C(O1)[C@H](n1ccc(=O)[nH]c1=O)C[C@@H]2OCP(C)(=O)O. The molecule has 3 unspecified atom stereocenters. The number of ether oxygens (including phenoxy) is 3. The molecule has 10 heteroatoms. The van der Waals surface area contributed by atoms with E-state index in [2.05, 4.69) is 4.98 Å². The predicted octanol–water partition coefficient (Wildman–Crippen LogP) is 0.244. The zero-order valence-corrected chi connectivity index (χ0v) is 14.6. The third-order valence-corrected chi connectivity index (χ3v) is 4.75. The summed E-state index contributed by atoms with van der Waals surface area (Å²) in [7, 11) is -3.33. The zero-order valence-electron chi connectivity index (χ0n) is 13.7. The highest BCUT2D eigenvalue weighted by Gasteiger charge is 2.55. The van der Waals surface area contributed by atoms with Gasteiger partial charge in [-0.05, 0) is 20.3 Å². The Balaban J connectivity index is 1.89. The van der Waals surface area contributed by atoms with Crippen LogP contribution in [-0.4, -0.2) is 51.6 Å². The van der Waals surface area contributed by atoms with Crippen molar-refractivity contribution in [3.05, 3.63) is 33.1 Å². The minimum absolute atomic E-state index is 0.294. The largest absolute Gasteiger partial charge is 0.365 e. The molecular weight excluding hydrogens is 339 g/mol. The van der Waals surface area contributed by atoms with Crippen LogP contribution in [0.4, 0.5) is 0 Å². The van der Waals surface area contributed by atoms with Gasteiger partial charge in [0, 0.05) is 18.9 Å². The standard InChI is InChI=1S/C14H21N2O7P/c1-14(2)22-11-8(16-5-4-10(17)15-13(16)18)6-9(12(11)23-14)21-7-24(3,19)20/h4-5,8-9,11-12H,6-7H2,1-3H3,(H,19,20)(H,15,17,18)/t8-,9+,11?,12?/m1/s1. The van der Waals surface area contributed by atoms with E-state index in [1.165, 1.54) is 23.5 Å². The molecule has 1 saturated heterocycles. The quantitative estimate of drug-likeness (QED) is 0.738. The van der Waals surface area contributed by atoms with Crippen LogP contribution in [0, 0.1) is 0 Å². The molecule has 3 rings (SSSR count). The first-order valence-electron chi connectivity index (χ1n) is 7.64. The van der Waals surface area contributed by atoms with E-state index in [-0.39, 0.29) is 6.35 Å². The van der Waals surface area contributed by atoms with Crippen LogP contribution in [0.1, 0.15) is 26.3 Å². The highest BCUT2D eigenvalue weighted by Crippen LogP contribution is 2.46. The lowest BCUT2D eigenvalue weighted by Crippen LogP contribution is -2.36. The van der Waals surface area contributed by atoms with Crippen molar-refractivity contribution in [2.75, 3.05) is 13.0 Å². The molecule has 1 aromatic rings. The van der Waals surface area contributed by atoms with Crippen LogP contribution in [-0.2, 0) is 18.8 Å². The maximum atomic E-state index is 12.1. The van der Waals surface area contributed by atoms with E-state index in [9.17, 15) is 19.0 Å². The summed E-state index contributed by atoms with van der Waals surface area (Å²) in [5.74, 6) is -0.851. The minimum atomic E-state index is -3.33. The fourth-order valence-corrected chi connectivity index (χ4v) is 3.73. The van der Waals surface area contributed by atoms with Gasteiger partial charge < -0.3 is 19.1 Å². The molecule has 24 heavy (non-hydrogen) atoms. The molecule has 9 nitrogen and oxygen atoms in total. The van der Waals surface area contributed by atoms with Crippen LogP contribution in [0.5, 0.6) is 0 Å². The summed E-state index contributed by atoms with van der Waals surface area (Å²) in [5, 5.41) is 0. The minimum Gasteiger partial charge on any atom is -0.365 e. The molecule has 2 aliphatic rings. The number of nitrogens with one attached hydrogen (secondary N) is 1. The summed E-state index contributed by atoms with van der Waals surface area (Å²) in [6.07, 6.45) is 0.0892. The predicted molar refractivity (Wildman–Crippen MR) is 84.3 cm³/mol. The number of fused-ring (bicyclic) bond motifs is 1. The van der Waals surface area contributed by atoms with Crippen molar-refractivity contribution >= 4 is 7.37 Å². The number of hydrogen-bond acceptors (Lipinski definition) is 6. The highest BCUT2D eigenvalue weighted by atomic mass is 31.2. The molecule has 134 valence electrons. The van der Waals surface area contributed by atoms with Crippen LogP contribution < -0.4 is 11.2 Å². The number of aromatic amines is 1. The van der Waals surface area contributed by atoms with Crippen molar-refractivity contribution in [3.8, 4) is 0 Å². The molecule has 1 aliphatic carbocycles. The molecule has 0 amide bonds. The number of nitrogens with zero attached hydrogens (tertiary/aromatic N) is 1. The summed E-state index contributed by atoms with van der Waals surface area (Å²) in [6.45, 7) is 4.73. The number of aromatic nitrogens is 2. The monoisotopic (exact) mass is 360 g/mol. The van der Waals surface area contributed by atoms with Crippen molar-refractivity contribution in [1.82, 2.24) is 9.55 Å². The normalized spacial score (nSPS) is 34.0. The lowest BCUT2D eigenvalue weighted by Gasteiger charge is -2.24. The number of H-pyrrole nitrogens is 1. The van der Waals surface area contributed by atoms with Gasteiger partial charge in [-0.15, -0.1) is 0 Å². The fraction of sp³-hybridized carbons (Fsp3) is 0.714. The van der Waals surface area contributed by atoms with E-state index in [1.807, 2.05) is 0 Å². The van der Waals surface area contributed by atoms with E-state index in [1.54, 1.807) is 13.8 Å². The molecule has 1 aliphatic heterocycles. The summed E-state index contributed by atoms with van der Waals surface area (Å²) in [6, 6.07) is 0.862. The van der Waals surface area contributed by atoms with E-state index < -0.39 is 48.8 Å². The van der Waals surface area contributed by atoms with Gasteiger partial charge >= 0.3 is 5.69 Å². The Morgan fingerprint density at radius 1 is 1.42 bits per heavy atom. The number of hydrogen-bond donors (Lipinski definition) is 2. The van der Waals surface area contributed by atoms with Crippen LogP contribution in [0.2, 0.25) is 0 Å². The van der Waals surface area contributed by atoms with Gasteiger partial charge in [-0.2, -0.15) is 0 Å². The van der Waals surface area contributed by atoms with Crippen molar-refractivity contribution in [1.29, 1.82) is 0 Å². The summed E-state index contributed by atoms with van der Waals surface area (Å²) in [4.78, 5) is 35.0. The topological polar surface area (TPSA) is 120 Å². The molecule has 1 saturated carbocycles. The summed E-state index contributed by atoms with van der Waals surface area (Å²) in [5.41, 5.74) is -1.02. The average molecular weight is 360 g/mol. The Kier molecular flexibility index (Phi) is 4.34. The molecule has 0 bridgehead atoms. The molecule has 1 aromatic heterocycles. The van der Waals surface area contributed by atoms with Gasteiger partial charge in [0.1, 0.15) is 18.6 Å². The third kappa shape index (κ3) is 3.55. The molecule has 2 heterocycles. The van der Waals surface area contributed by atoms with Gasteiger partial charge in [0.15, 0.2) is 5.79 Å². The molecule has 2 fully saturated rings. The maximum absolute atomic E-state index is 12.1. The van der Waals surface area contributed by atoms with Crippen LogP contribution in [0.3, 0.4) is 0 Å². The molecule has 0 radical (unpaired) electrons. The second-order valence-electron chi connectivity index (χ2n) is 6.77. The van der Waals surface area contributed by atoms with Gasteiger partial charge in [0.05, 0.1) is 12.1 Å². The second kappa shape index (κ2) is 5.93. The van der Waals surface area contributed by atoms with Gasteiger partial charge in [-0.3, -0.25) is 18.9 Å². The summed E-state index contributed by atoms with van der Waals surface area (Å²) < 4.78 is 30.2. The lowest BCUT2D eigenvalue weighted by atomic mass is 10.2. The lowest BCUT2D eigenvalue weighted by molar-refractivity contribution is -0.168. The first-order chi connectivity index (χ1) is 11.1. The van der Waals surface area contributed by atoms with Crippen molar-refractivity contribution in [2.45, 2.75) is 50.4 Å². The highest BCUT2D eigenvalue weighted by molar-refractivity contribution is 7.56. The molecule has 5 atom stereocenters. The Morgan fingerprint density at radius 2 is 2.08 bits per heavy atom. The van der Waals surface area contributed by atoms with E-state index in [4.69, 9.17) is 14.2 Å².